The maximum absolute atomic E-state index is 13.2. The van der Waals surface area contributed by atoms with Crippen molar-refractivity contribution in [1.82, 2.24) is 4.37 Å². The van der Waals surface area contributed by atoms with Gasteiger partial charge in [0.15, 0.2) is 0 Å². The fourth-order valence-electron chi connectivity index (χ4n) is 1.95. The summed E-state index contributed by atoms with van der Waals surface area (Å²) in [6.07, 6.45) is -4.69. The van der Waals surface area contributed by atoms with Crippen molar-refractivity contribution in [2.75, 3.05) is 7.11 Å². The van der Waals surface area contributed by atoms with Gasteiger partial charge in [-0.1, -0.05) is 0 Å². The molecule has 1 aromatic heterocycles. The zero-order valence-corrected chi connectivity index (χ0v) is 14.3. The Morgan fingerprint density at radius 2 is 1.71 bits per heavy atom. The molecule has 0 amide bonds. The second-order valence-corrected chi connectivity index (χ2v) is 6.74. The summed E-state index contributed by atoms with van der Waals surface area (Å²) in [5, 5.41) is 0. The normalized spacial score (nSPS) is 12.1. The number of aromatic nitrogens is 1. The minimum Gasteiger partial charge on any atom is -0.497 e. The van der Waals surface area contributed by atoms with Crippen LogP contribution in [0.5, 0.6) is 5.75 Å². The summed E-state index contributed by atoms with van der Waals surface area (Å²) in [6, 6.07) is 6.26. The Bertz CT molecular complexity index is 731. The topological polar surface area (TPSA) is 48.4 Å². The lowest BCUT2D eigenvalue weighted by molar-refractivity contribution is -0.135. The van der Waals surface area contributed by atoms with Crippen LogP contribution in [0.4, 0.5) is 13.2 Å². The maximum atomic E-state index is 13.2. The first-order valence-electron chi connectivity index (χ1n) is 6.97. The van der Waals surface area contributed by atoms with Crippen LogP contribution in [0.15, 0.2) is 24.3 Å². The number of hydrogen-bond donors (Lipinski definition) is 0. The van der Waals surface area contributed by atoms with Crippen molar-refractivity contribution in [1.29, 1.82) is 0 Å². The number of carbonyl (C=O) groups is 1. The molecule has 0 spiro atoms. The Kier molecular flexibility index (Phi) is 4.89. The van der Waals surface area contributed by atoms with Gasteiger partial charge in [-0.3, -0.25) is 0 Å². The highest BCUT2D eigenvalue weighted by Gasteiger charge is 2.41. The van der Waals surface area contributed by atoms with Crippen LogP contribution in [-0.2, 0) is 10.9 Å². The molecule has 8 heteroatoms. The second-order valence-electron chi connectivity index (χ2n) is 5.96. The first-order chi connectivity index (χ1) is 11.0. The number of ether oxygens (including phenoxy) is 2. The van der Waals surface area contributed by atoms with E-state index < -0.39 is 28.2 Å². The molecule has 0 aliphatic rings. The van der Waals surface area contributed by atoms with Crippen LogP contribution in [-0.4, -0.2) is 23.1 Å². The van der Waals surface area contributed by atoms with E-state index in [1.54, 1.807) is 45.0 Å². The van der Waals surface area contributed by atoms with Gasteiger partial charge in [0, 0.05) is 5.56 Å². The van der Waals surface area contributed by atoms with Gasteiger partial charge in [0.1, 0.15) is 21.8 Å². The van der Waals surface area contributed by atoms with Gasteiger partial charge in [-0.05, 0) is 56.6 Å². The van der Waals surface area contributed by atoms with Crippen molar-refractivity contribution < 1.29 is 27.4 Å². The standard InChI is InChI=1S/C16H16F3NO3S/c1-15(2,3)23-14(21)11-12(20-24-13(11)16(17,18)19)9-5-7-10(22-4)8-6-9/h5-8H,1-4H3. The highest BCUT2D eigenvalue weighted by Crippen LogP contribution is 2.40. The number of alkyl halides is 3. The van der Waals surface area contributed by atoms with Gasteiger partial charge in [0.05, 0.1) is 12.8 Å². The monoisotopic (exact) mass is 359 g/mol. The lowest BCUT2D eigenvalue weighted by Gasteiger charge is -2.20. The summed E-state index contributed by atoms with van der Waals surface area (Å²) in [5.74, 6) is -0.502. The van der Waals surface area contributed by atoms with E-state index in [1.807, 2.05) is 0 Å². The van der Waals surface area contributed by atoms with Crippen molar-refractivity contribution in [3.8, 4) is 17.0 Å². The number of nitrogens with zero attached hydrogens (tertiary/aromatic N) is 1. The van der Waals surface area contributed by atoms with Gasteiger partial charge in [0.25, 0.3) is 0 Å². The van der Waals surface area contributed by atoms with E-state index in [4.69, 9.17) is 9.47 Å². The smallest absolute Gasteiger partial charge is 0.428 e. The summed E-state index contributed by atoms with van der Waals surface area (Å²) in [4.78, 5) is 11.3. The van der Waals surface area contributed by atoms with Crippen LogP contribution < -0.4 is 4.74 Å². The highest BCUT2D eigenvalue weighted by molar-refractivity contribution is 7.06. The molecule has 4 nitrogen and oxygen atoms in total. The largest absolute Gasteiger partial charge is 0.497 e. The molecule has 0 saturated heterocycles. The summed E-state index contributed by atoms with van der Waals surface area (Å²) >= 11 is 0.235. The number of carbonyl (C=O) groups excluding carboxylic acids is 1. The molecule has 0 unspecified atom stereocenters. The van der Waals surface area contributed by atoms with Crippen LogP contribution in [0.3, 0.4) is 0 Å². The number of hydrogen-bond acceptors (Lipinski definition) is 5. The third kappa shape index (κ3) is 4.05. The second kappa shape index (κ2) is 6.43. The Balaban J connectivity index is 2.55. The first kappa shape index (κ1) is 18.3. The molecule has 0 radical (unpaired) electrons. The average Bonchev–Trinajstić information content (AvgIpc) is 2.90. The van der Waals surface area contributed by atoms with Gasteiger partial charge >= 0.3 is 12.1 Å². The Hall–Kier alpha value is -2.09. The zero-order chi connectivity index (χ0) is 18.1. The van der Waals surface area contributed by atoms with Gasteiger partial charge in [0.2, 0.25) is 0 Å². The van der Waals surface area contributed by atoms with Gasteiger partial charge in [-0.15, -0.1) is 0 Å². The molecule has 1 aromatic carbocycles. The van der Waals surface area contributed by atoms with Crippen molar-refractivity contribution in [2.45, 2.75) is 32.5 Å². The fraction of sp³-hybridized carbons (Fsp3) is 0.375. The zero-order valence-electron chi connectivity index (χ0n) is 13.5. The lowest BCUT2D eigenvalue weighted by atomic mass is 10.1. The summed E-state index contributed by atoms with van der Waals surface area (Å²) < 4.78 is 53.7. The fourth-order valence-corrected chi connectivity index (χ4v) is 2.70. The highest BCUT2D eigenvalue weighted by atomic mass is 32.1. The van der Waals surface area contributed by atoms with Crippen LogP contribution in [0.25, 0.3) is 11.3 Å². The molecule has 2 aromatic rings. The van der Waals surface area contributed by atoms with Crippen LogP contribution >= 0.6 is 11.5 Å². The molecule has 1 heterocycles. The number of rotatable bonds is 3. The van der Waals surface area contributed by atoms with E-state index in [-0.39, 0.29) is 17.2 Å². The lowest BCUT2D eigenvalue weighted by Crippen LogP contribution is -2.25. The van der Waals surface area contributed by atoms with Crippen LogP contribution in [0.2, 0.25) is 0 Å². The molecule has 24 heavy (non-hydrogen) atoms. The molecule has 0 saturated carbocycles. The molecule has 2 rings (SSSR count). The van der Waals surface area contributed by atoms with Gasteiger partial charge < -0.3 is 9.47 Å². The predicted molar refractivity (Wildman–Crippen MR) is 84.3 cm³/mol. The quantitative estimate of drug-likeness (QED) is 0.739. The number of esters is 1. The molecular formula is C16H16F3NO3S. The van der Waals surface area contributed by atoms with E-state index in [1.165, 1.54) is 7.11 Å². The maximum Gasteiger partial charge on any atom is 0.428 e. The Labute approximate surface area is 141 Å². The first-order valence-corrected chi connectivity index (χ1v) is 7.75. The SMILES string of the molecule is COc1ccc(-c2nsc(C(F)(F)F)c2C(=O)OC(C)(C)C)cc1. The molecular weight excluding hydrogens is 343 g/mol. The van der Waals surface area contributed by atoms with Crippen molar-refractivity contribution in [2.24, 2.45) is 0 Å². The molecule has 0 aliphatic heterocycles. The predicted octanol–water partition coefficient (Wildman–Crippen LogP) is 4.79. The molecule has 0 atom stereocenters. The molecule has 0 bridgehead atoms. The molecule has 0 N–H and O–H groups in total. The minimum absolute atomic E-state index is 0.0516. The number of methoxy groups -OCH3 is 1. The Morgan fingerprint density at radius 1 is 1.12 bits per heavy atom. The molecule has 130 valence electrons. The summed E-state index contributed by atoms with van der Waals surface area (Å²) in [6.45, 7) is 4.76. The van der Waals surface area contributed by atoms with E-state index in [2.05, 4.69) is 4.37 Å². The third-order valence-corrected chi connectivity index (χ3v) is 3.81. The van der Waals surface area contributed by atoms with Crippen molar-refractivity contribution >= 4 is 17.5 Å². The number of halogens is 3. The van der Waals surface area contributed by atoms with Crippen LogP contribution in [0, 0.1) is 0 Å². The van der Waals surface area contributed by atoms with E-state index in [0.29, 0.717) is 11.3 Å². The summed E-state index contributed by atoms with van der Waals surface area (Å²) in [5.41, 5.74) is -1.15. The average molecular weight is 359 g/mol. The third-order valence-electron chi connectivity index (χ3n) is 2.92. The van der Waals surface area contributed by atoms with Crippen LogP contribution in [0.1, 0.15) is 36.0 Å². The van der Waals surface area contributed by atoms with Gasteiger partial charge in [-0.2, -0.15) is 17.5 Å². The van der Waals surface area contributed by atoms with Gasteiger partial charge in [-0.25, -0.2) is 4.79 Å². The number of benzene rings is 1. The van der Waals surface area contributed by atoms with E-state index >= 15 is 0 Å². The molecule has 0 fully saturated rings. The summed E-state index contributed by atoms with van der Waals surface area (Å²) in [7, 11) is 1.48. The molecule has 0 aliphatic carbocycles. The van der Waals surface area contributed by atoms with Crippen molar-refractivity contribution in [3.63, 3.8) is 0 Å². The van der Waals surface area contributed by atoms with E-state index in [0.717, 1.165) is 0 Å². The van der Waals surface area contributed by atoms with E-state index in [9.17, 15) is 18.0 Å². The Morgan fingerprint density at radius 3 is 2.17 bits per heavy atom. The van der Waals surface area contributed by atoms with Crippen molar-refractivity contribution in [3.05, 3.63) is 34.7 Å². The minimum atomic E-state index is -4.69.